The van der Waals surface area contributed by atoms with Gasteiger partial charge in [0, 0.05) is 29.9 Å². The van der Waals surface area contributed by atoms with Crippen LogP contribution in [0.4, 0.5) is 26.3 Å². The molecule has 2 aromatic carbocycles. The van der Waals surface area contributed by atoms with E-state index in [1.54, 1.807) is 24.3 Å². The number of ether oxygens (including phenoxy) is 1. The van der Waals surface area contributed by atoms with Gasteiger partial charge in [-0.05, 0) is 64.9 Å². The van der Waals surface area contributed by atoms with Gasteiger partial charge in [0.1, 0.15) is 35.9 Å². The van der Waals surface area contributed by atoms with Crippen LogP contribution in [0.15, 0.2) is 48.8 Å². The number of alkyl halides is 4. The summed E-state index contributed by atoms with van der Waals surface area (Å²) in [5.41, 5.74) is -6.85. The van der Waals surface area contributed by atoms with E-state index in [0.717, 1.165) is 28.7 Å². The highest BCUT2D eigenvalue weighted by Gasteiger charge is 2.82. The molecule has 7 rings (SSSR count). The van der Waals surface area contributed by atoms with Crippen molar-refractivity contribution in [2.24, 2.45) is 5.41 Å². The molecule has 0 aliphatic heterocycles. The molecule has 0 radical (unpaired) electrons. The Hall–Kier alpha value is -3.19. The lowest BCUT2D eigenvalue weighted by Gasteiger charge is -2.74. The van der Waals surface area contributed by atoms with Crippen molar-refractivity contribution in [3.63, 3.8) is 0 Å². The van der Waals surface area contributed by atoms with Crippen LogP contribution in [-0.2, 0) is 17.6 Å². The number of hydrogen-bond donors (Lipinski definition) is 2. The van der Waals surface area contributed by atoms with E-state index in [9.17, 15) is 27.8 Å². The van der Waals surface area contributed by atoms with Crippen molar-refractivity contribution in [3.8, 4) is 5.75 Å². The predicted octanol–water partition coefficient (Wildman–Crippen LogP) is 4.14. The van der Waals surface area contributed by atoms with Crippen molar-refractivity contribution in [2.75, 3.05) is 6.61 Å². The minimum Gasteiger partial charge on any atom is -0.491 e. The summed E-state index contributed by atoms with van der Waals surface area (Å²) in [6, 6.07) is 8.63. The number of benzene rings is 2. The molecule has 1 heterocycles. The van der Waals surface area contributed by atoms with Crippen molar-refractivity contribution in [2.45, 2.75) is 67.1 Å². The second-order valence-electron chi connectivity index (χ2n) is 11.4. The lowest BCUT2D eigenvalue weighted by Crippen LogP contribution is -2.76. The van der Waals surface area contributed by atoms with Gasteiger partial charge in [-0.15, -0.1) is 5.10 Å². The van der Waals surface area contributed by atoms with Crippen molar-refractivity contribution < 1.29 is 41.3 Å². The molecule has 1 atom stereocenters. The molecule has 39 heavy (non-hydrogen) atoms. The van der Waals surface area contributed by atoms with E-state index in [0.29, 0.717) is 11.8 Å². The van der Waals surface area contributed by atoms with Crippen LogP contribution >= 0.6 is 0 Å². The van der Waals surface area contributed by atoms with E-state index < -0.39 is 70.5 Å². The molecule has 208 valence electrons. The fraction of sp³-hybridized carbons (Fsp3) is 0.500. The van der Waals surface area contributed by atoms with Crippen LogP contribution in [0.25, 0.3) is 0 Å². The van der Waals surface area contributed by atoms with Crippen LogP contribution in [-0.4, -0.2) is 54.5 Å². The van der Waals surface area contributed by atoms with Gasteiger partial charge in [-0.25, -0.2) is 31.0 Å². The minimum atomic E-state index is -3.84. The molecule has 4 aliphatic rings. The topological polar surface area (TPSA) is 93.3 Å². The highest BCUT2D eigenvalue weighted by atomic mass is 19.3. The Balaban J connectivity index is 1.19. The maximum absolute atomic E-state index is 16.3. The number of aromatic nitrogens is 4. The predicted molar refractivity (Wildman–Crippen MR) is 122 cm³/mol. The van der Waals surface area contributed by atoms with Crippen molar-refractivity contribution in [1.82, 2.24) is 20.2 Å². The Kier molecular flexibility index (Phi) is 5.45. The molecular formula is C26H24F6N4O3. The number of rotatable bonds is 9. The third-order valence-electron chi connectivity index (χ3n) is 8.52. The van der Waals surface area contributed by atoms with E-state index >= 15 is 8.78 Å². The molecule has 13 heteroatoms. The molecule has 2 bridgehead atoms. The van der Waals surface area contributed by atoms with Crippen molar-refractivity contribution in [1.29, 1.82) is 0 Å². The summed E-state index contributed by atoms with van der Waals surface area (Å²) in [6.45, 7) is -1.14. The quantitative estimate of drug-likeness (QED) is 0.387. The first-order valence-electron chi connectivity index (χ1n) is 12.3. The second-order valence-corrected chi connectivity index (χ2v) is 11.4. The van der Waals surface area contributed by atoms with Gasteiger partial charge in [-0.1, -0.05) is 12.1 Å². The van der Waals surface area contributed by atoms with E-state index in [1.165, 1.54) is 0 Å². The SMILES string of the molecule is OC1(COc2ccc(C34CC(C(F)(F)[C@@](O)(Cn5cnnn5)c5ccc(F)cc5F)(C3)C4)cc2)CC(F)(F)C1. The largest absolute Gasteiger partial charge is 0.491 e. The molecule has 0 amide bonds. The minimum absolute atomic E-state index is 0.0166. The molecule has 0 spiro atoms. The van der Waals surface area contributed by atoms with Gasteiger partial charge < -0.3 is 14.9 Å². The molecule has 0 unspecified atom stereocenters. The Bertz CT molecular complexity index is 1370. The number of halogens is 6. The second kappa shape index (κ2) is 8.17. The molecule has 4 aliphatic carbocycles. The van der Waals surface area contributed by atoms with E-state index in [1.807, 2.05) is 0 Å². The zero-order chi connectivity index (χ0) is 27.9. The third-order valence-corrected chi connectivity index (χ3v) is 8.52. The fourth-order valence-corrected chi connectivity index (χ4v) is 6.67. The molecular weight excluding hydrogens is 530 g/mol. The van der Waals surface area contributed by atoms with Crippen LogP contribution in [0, 0.1) is 17.0 Å². The first-order valence-corrected chi connectivity index (χ1v) is 12.3. The Morgan fingerprint density at radius 1 is 0.974 bits per heavy atom. The Morgan fingerprint density at radius 2 is 1.64 bits per heavy atom. The number of tetrazole rings is 1. The molecule has 2 N–H and O–H groups in total. The summed E-state index contributed by atoms with van der Waals surface area (Å²) in [7, 11) is 0. The smallest absolute Gasteiger partial charge is 0.287 e. The standard InChI is InChI=1S/C26H24F6N4O3/c27-17-3-6-19(20(28)7-17)25(38,13-36-15-33-34-35-36)26(31,32)22-8-21(9-22,10-22)16-1-4-18(5-2-16)39-14-23(37)11-24(29,30)12-23/h1-7,15,37-38H,8-14H2/t21?,22?,25-/m1/s1. The highest BCUT2D eigenvalue weighted by Crippen LogP contribution is 2.80. The first kappa shape index (κ1) is 26.1. The number of hydrogen-bond acceptors (Lipinski definition) is 6. The van der Waals surface area contributed by atoms with Crippen LogP contribution in [0.5, 0.6) is 5.75 Å². The van der Waals surface area contributed by atoms with Crippen LogP contribution in [0.2, 0.25) is 0 Å². The van der Waals surface area contributed by atoms with Gasteiger partial charge in [0.25, 0.3) is 11.8 Å². The van der Waals surface area contributed by atoms with Gasteiger partial charge in [0.15, 0.2) is 5.60 Å². The van der Waals surface area contributed by atoms with E-state index in [2.05, 4.69) is 15.5 Å². The van der Waals surface area contributed by atoms with Gasteiger partial charge in [0.2, 0.25) is 0 Å². The summed E-state index contributed by atoms with van der Waals surface area (Å²) >= 11 is 0. The highest BCUT2D eigenvalue weighted by molar-refractivity contribution is 5.44. The summed E-state index contributed by atoms with van der Waals surface area (Å²) < 4.78 is 93.3. The Labute approximate surface area is 218 Å². The fourth-order valence-electron chi connectivity index (χ4n) is 6.67. The summed E-state index contributed by atoms with van der Waals surface area (Å²) in [4.78, 5) is 0. The lowest BCUT2D eigenvalue weighted by molar-refractivity contribution is -0.347. The van der Waals surface area contributed by atoms with Crippen LogP contribution in [0.3, 0.4) is 0 Å². The van der Waals surface area contributed by atoms with Crippen molar-refractivity contribution >= 4 is 0 Å². The molecule has 3 aromatic rings. The molecule has 4 saturated carbocycles. The summed E-state index contributed by atoms with van der Waals surface area (Å²) in [5, 5.41) is 31.8. The van der Waals surface area contributed by atoms with Gasteiger partial charge in [0.05, 0.1) is 6.54 Å². The van der Waals surface area contributed by atoms with Gasteiger partial charge >= 0.3 is 0 Å². The number of nitrogens with zero attached hydrogens (tertiary/aromatic N) is 4. The monoisotopic (exact) mass is 554 g/mol. The summed E-state index contributed by atoms with van der Waals surface area (Å²) in [5.74, 6) is -8.67. The zero-order valence-electron chi connectivity index (χ0n) is 20.4. The van der Waals surface area contributed by atoms with Crippen LogP contribution < -0.4 is 4.74 Å². The van der Waals surface area contributed by atoms with Crippen LogP contribution in [0.1, 0.15) is 43.2 Å². The molecule has 1 aromatic heterocycles. The Morgan fingerprint density at radius 3 is 2.21 bits per heavy atom. The van der Waals surface area contributed by atoms with E-state index in [-0.39, 0.29) is 25.9 Å². The number of aliphatic hydroxyl groups is 2. The average molecular weight is 554 g/mol. The maximum Gasteiger partial charge on any atom is 0.287 e. The molecule has 7 nitrogen and oxygen atoms in total. The van der Waals surface area contributed by atoms with E-state index in [4.69, 9.17) is 4.74 Å². The maximum atomic E-state index is 16.3. The molecule has 0 saturated heterocycles. The summed E-state index contributed by atoms with van der Waals surface area (Å²) in [6.07, 6.45) is -0.267. The zero-order valence-corrected chi connectivity index (χ0v) is 20.4. The molecule has 4 fully saturated rings. The first-order chi connectivity index (χ1) is 18.2. The van der Waals surface area contributed by atoms with Crippen molar-refractivity contribution in [3.05, 3.63) is 71.6 Å². The lowest BCUT2D eigenvalue weighted by atomic mass is 9.30. The van der Waals surface area contributed by atoms with Gasteiger partial charge in [-0.2, -0.15) is 0 Å². The third kappa shape index (κ3) is 3.92. The normalized spacial score (nSPS) is 28.0. The average Bonchev–Trinajstić information content (AvgIpc) is 3.28. The van der Waals surface area contributed by atoms with Gasteiger partial charge in [-0.3, -0.25) is 0 Å².